The smallest absolute Gasteiger partial charge is 0.194 e. The summed E-state index contributed by atoms with van der Waals surface area (Å²) in [5.74, 6) is 1.12. The molecule has 0 N–H and O–H groups in total. The molecule has 0 atom stereocenters. The Morgan fingerprint density at radius 1 is 0.966 bits per heavy atom. The molecule has 0 radical (unpaired) electrons. The van der Waals surface area contributed by atoms with Crippen LogP contribution >= 0.6 is 15.9 Å². The maximum Gasteiger partial charge on any atom is 0.194 e. The molecule has 0 unspecified atom stereocenters. The van der Waals surface area contributed by atoms with Crippen LogP contribution in [0.4, 0.5) is 0 Å². The molecule has 0 aliphatic rings. The van der Waals surface area contributed by atoms with Crippen molar-refractivity contribution < 1.29 is 23.8 Å². The monoisotopic (exact) mass is 454 g/mol. The van der Waals surface area contributed by atoms with Gasteiger partial charge in [-0.15, -0.1) is 0 Å². The van der Waals surface area contributed by atoms with Gasteiger partial charge in [0, 0.05) is 16.7 Å². The molecule has 0 aromatic heterocycles. The highest BCUT2D eigenvalue weighted by molar-refractivity contribution is 9.10. The van der Waals surface area contributed by atoms with Gasteiger partial charge in [-0.2, -0.15) is 0 Å². The van der Waals surface area contributed by atoms with Gasteiger partial charge in [-0.1, -0.05) is 30.3 Å². The fourth-order valence-electron chi connectivity index (χ4n) is 2.83. The van der Waals surface area contributed by atoms with Crippen molar-refractivity contribution in [2.75, 3.05) is 14.2 Å². The zero-order chi connectivity index (χ0) is 20.8. The van der Waals surface area contributed by atoms with E-state index in [9.17, 15) is 9.59 Å². The molecule has 3 rings (SSSR count). The van der Waals surface area contributed by atoms with E-state index in [0.717, 1.165) is 5.56 Å². The van der Waals surface area contributed by atoms with E-state index in [4.69, 9.17) is 14.2 Å². The molecule has 0 spiro atoms. The number of hydrogen-bond donors (Lipinski definition) is 0. The number of halogens is 1. The first-order chi connectivity index (χ1) is 14.1. The molecule has 0 heterocycles. The van der Waals surface area contributed by atoms with Gasteiger partial charge in [0.15, 0.2) is 12.1 Å². The van der Waals surface area contributed by atoms with Crippen molar-refractivity contribution in [2.45, 2.75) is 6.61 Å². The maximum absolute atomic E-state index is 13.0. The van der Waals surface area contributed by atoms with Crippen molar-refractivity contribution in [3.8, 4) is 17.2 Å². The number of methoxy groups -OCH3 is 2. The van der Waals surface area contributed by atoms with Crippen molar-refractivity contribution in [1.29, 1.82) is 0 Å². The normalized spacial score (nSPS) is 10.3. The molecule has 0 saturated carbocycles. The molecule has 0 saturated heterocycles. The van der Waals surface area contributed by atoms with Crippen LogP contribution < -0.4 is 14.2 Å². The second-order valence-electron chi connectivity index (χ2n) is 6.17. The lowest BCUT2D eigenvalue weighted by atomic mass is 9.98. The predicted molar refractivity (Wildman–Crippen MR) is 113 cm³/mol. The third kappa shape index (κ3) is 4.66. The maximum atomic E-state index is 13.0. The van der Waals surface area contributed by atoms with Crippen molar-refractivity contribution in [3.05, 3.63) is 87.4 Å². The van der Waals surface area contributed by atoms with Crippen molar-refractivity contribution in [3.63, 3.8) is 0 Å². The van der Waals surface area contributed by atoms with Crippen LogP contribution in [-0.4, -0.2) is 26.3 Å². The first-order valence-corrected chi connectivity index (χ1v) is 9.58. The molecule has 0 aliphatic carbocycles. The standard InChI is InChI=1S/C23H19BrO5/c1-27-20-11-16(12-21(28-2)22(20)24)23(26)19-9-8-18(10-17(19)13-25)29-14-15-6-4-3-5-7-15/h3-13H,14H2,1-2H3. The van der Waals surface area contributed by atoms with Gasteiger partial charge in [-0.25, -0.2) is 0 Å². The Labute approximate surface area is 177 Å². The zero-order valence-corrected chi connectivity index (χ0v) is 17.6. The number of hydrogen-bond acceptors (Lipinski definition) is 5. The molecule has 3 aromatic carbocycles. The predicted octanol–water partition coefficient (Wildman–Crippen LogP) is 5.09. The van der Waals surface area contributed by atoms with Crippen LogP contribution in [-0.2, 0) is 6.61 Å². The lowest BCUT2D eigenvalue weighted by molar-refractivity contribution is 0.102. The summed E-state index contributed by atoms with van der Waals surface area (Å²) < 4.78 is 16.9. The second kappa shape index (κ2) is 9.39. The fraction of sp³-hybridized carbons (Fsp3) is 0.130. The minimum absolute atomic E-state index is 0.251. The van der Waals surface area contributed by atoms with Gasteiger partial charge in [-0.3, -0.25) is 9.59 Å². The van der Waals surface area contributed by atoms with Crippen LogP contribution in [0.5, 0.6) is 17.2 Å². The third-order valence-corrected chi connectivity index (χ3v) is 5.13. The topological polar surface area (TPSA) is 61.8 Å². The average molecular weight is 455 g/mol. The van der Waals surface area contributed by atoms with E-state index in [1.165, 1.54) is 14.2 Å². The van der Waals surface area contributed by atoms with Crippen molar-refractivity contribution in [1.82, 2.24) is 0 Å². The zero-order valence-electron chi connectivity index (χ0n) is 16.0. The molecule has 29 heavy (non-hydrogen) atoms. The van der Waals surface area contributed by atoms with E-state index >= 15 is 0 Å². The number of benzene rings is 3. The van der Waals surface area contributed by atoms with E-state index in [1.807, 2.05) is 30.3 Å². The van der Waals surface area contributed by atoms with E-state index in [-0.39, 0.29) is 16.9 Å². The Hall–Kier alpha value is -3.12. The van der Waals surface area contributed by atoms with Gasteiger partial charge in [-0.05, 0) is 51.8 Å². The molecule has 5 nitrogen and oxygen atoms in total. The molecule has 0 aliphatic heterocycles. The minimum atomic E-state index is -0.314. The lowest BCUT2D eigenvalue weighted by Gasteiger charge is -2.12. The molecule has 0 amide bonds. The molecule has 148 valence electrons. The quantitative estimate of drug-likeness (QED) is 0.350. The number of rotatable bonds is 8. The van der Waals surface area contributed by atoms with E-state index < -0.39 is 0 Å². The first-order valence-electron chi connectivity index (χ1n) is 8.79. The van der Waals surface area contributed by atoms with Gasteiger partial charge in [0.25, 0.3) is 0 Å². The van der Waals surface area contributed by atoms with Crippen LogP contribution in [0.3, 0.4) is 0 Å². The van der Waals surface area contributed by atoms with Gasteiger partial charge in [0.1, 0.15) is 28.3 Å². The van der Waals surface area contributed by atoms with Gasteiger partial charge in [0.2, 0.25) is 0 Å². The summed E-state index contributed by atoms with van der Waals surface area (Å²) in [6.07, 6.45) is 0.649. The fourth-order valence-corrected chi connectivity index (χ4v) is 3.38. The summed E-state index contributed by atoms with van der Waals surface area (Å²) in [7, 11) is 3.01. The number of ketones is 1. The van der Waals surface area contributed by atoms with Crippen LogP contribution in [0.15, 0.2) is 65.1 Å². The summed E-state index contributed by atoms with van der Waals surface area (Å²) >= 11 is 3.38. The van der Waals surface area contributed by atoms with E-state index in [1.54, 1.807) is 30.3 Å². The Morgan fingerprint density at radius 3 is 2.21 bits per heavy atom. The largest absolute Gasteiger partial charge is 0.495 e. The summed E-state index contributed by atoms with van der Waals surface area (Å²) in [5.41, 5.74) is 1.89. The third-order valence-electron chi connectivity index (χ3n) is 4.35. The summed E-state index contributed by atoms with van der Waals surface area (Å²) in [5, 5.41) is 0. The van der Waals surface area contributed by atoms with Crippen molar-refractivity contribution >= 4 is 28.0 Å². The highest BCUT2D eigenvalue weighted by Crippen LogP contribution is 2.36. The Morgan fingerprint density at radius 2 is 1.62 bits per heavy atom. The van der Waals surface area contributed by atoms with Gasteiger partial charge >= 0.3 is 0 Å². The molecule has 0 bridgehead atoms. The average Bonchev–Trinajstić information content (AvgIpc) is 2.77. The number of aldehydes is 1. The van der Waals surface area contributed by atoms with E-state index in [0.29, 0.717) is 40.2 Å². The van der Waals surface area contributed by atoms with Gasteiger partial charge < -0.3 is 14.2 Å². The number of carbonyl (C=O) groups is 2. The Balaban J connectivity index is 1.88. The van der Waals surface area contributed by atoms with Crippen LogP contribution in [0.1, 0.15) is 31.8 Å². The van der Waals surface area contributed by atoms with Gasteiger partial charge in [0.05, 0.1) is 14.2 Å². The highest BCUT2D eigenvalue weighted by Gasteiger charge is 2.19. The minimum Gasteiger partial charge on any atom is -0.495 e. The van der Waals surface area contributed by atoms with Crippen LogP contribution in [0.25, 0.3) is 0 Å². The highest BCUT2D eigenvalue weighted by atomic mass is 79.9. The first kappa shape index (κ1) is 20.6. The van der Waals surface area contributed by atoms with Crippen LogP contribution in [0, 0.1) is 0 Å². The molecule has 3 aromatic rings. The lowest BCUT2D eigenvalue weighted by Crippen LogP contribution is -2.07. The van der Waals surface area contributed by atoms with E-state index in [2.05, 4.69) is 15.9 Å². The number of carbonyl (C=O) groups excluding carboxylic acids is 2. The molecule has 6 heteroatoms. The number of ether oxygens (including phenoxy) is 3. The summed E-state index contributed by atoms with van der Waals surface area (Å²) in [4.78, 5) is 24.7. The Kier molecular flexibility index (Phi) is 6.67. The summed E-state index contributed by atoms with van der Waals surface area (Å²) in [6.45, 7) is 0.369. The second-order valence-corrected chi connectivity index (χ2v) is 6.96. The van der Waals surface area contributed by atoms with Crippen molar-refractivity contribution in [2.24, 2.45) is 0 Å². The SMILES string of the molecule is COc1cc(C(=O)c2ccc(OCc3ccccc3)cc2C=O)cc(OC)c1Br. The Bertz CT molecular complexity index is 1010. The molecular weight excluding hydrogens is 436 g/mol. The molecular formula is C23H19BrO5. The van der Waals surface area contributed by atoms with Crippen LogP contribution in [0.2, 0.25) is 0 Å². The summed E-state index contributed by atoms with van der Waals surface area (Å²) in [6, 6.07) is 17.7. The molecule has 0 fully saturated rings.